The maximum absolute atomic E-state index is 8.86. The van der Waals surface area contributed by atoms with Gasteiger partial charge in [-0.15, -0.1) is 0 Å². The molecule has 2 atom stereocenters. The van der Waals surface area contributed by atoms with Gasteiger partial charge >= 0.3 is 0 Å². The number of halogens is 1. The molecule has 0 bridgehead atoms. The number of pyridine rings is 1. The molecule has 0 amide bonds. The van der Waals surface area contributed by atoms with E-state index in [-0.39, 0.29) is 17.2 Å². The molecule has 0 aromatic carbocycles. The van der Waals surface area contributed by atoms with Gasteiger partial charge in [-0.05, 0) is 25.3 Å². The Kier molecular flexibility index (Phi) is 3.82. The van der Waals surface area contributed by atoms with E-state index >= 15 is 0 Å². The van der Waals surface area contributed by atoms with Crippen LogP contribution < -0.4 is 10.5 Å². The number of rotatable bonds is 2. The normalized spacial score (nSPS) is 24.1. The van der Waals surface area contributed by atoms with Gasteiger partial charge in [0.2, 0.25) is 5.88 Å². The fraction of sp³-hybridized carbons (Fsp3) is 0.500. The second-order valence-electron chi connectivity index (χ2n) is 4.19. The van der Waals surface area contributed by atoms with Crippen molar-refractivity contribution in [1.82, 2.24) is 4.98 Å². The van der Waals surface area contributed by atoms with Crippen LogP contribution in [-0.2, 0) is 0 Å². The molecule has 1 aliphatic carbocycles. The van der Waals surface area contributed by atoms with Crippen LogP contribution >= 0.6 is 11.6 Å². The molecule has 4 nitrogen and oxygen atoms in total. The Hall–Kier alpha value is -1.31. The Labute approximate surface area is 105 Å². The van der Waals surface area contributed by atoms with E-state index in [4.69, 9.17) is 27.3 Å². The van der Waals surface area contributed by atoms with Gasteiger partial charge < -0.3 is 10.5 Å². The standard InChI is InChI=1S/C12H14ClN3O/c13-11-8(7-14)5-6-16-12(11)17-10-4-2-1-3-9(10)15/h5-6,9-10H,1-4,15H2. The first kappa shape index (κ1) is 12.2. The first-order valence-corrected chi connectivity index (χ1v) is 6.07. The molecule has 1 heterocycles. The predicted octanol–water partition coefficient (Wildman–Crippen LogP) is 2.26. The van der Waals surface area contributed by atoms with Crippen LogP contribution in [0.3, 0.4) is 0 Å². The Morgan fingerprint density at radius 3 is 2.94 bits per heavy atom. The number of nitrogens with zero attached hydrogens (tertiary/aromatic N) is 2. The van der Waals surface area contributed by atoms with Gasteiger partial charge in [0.1, 0.15) is 17.2 Å². The summed E-state index contributed by atoms with van der Waals surface area (Å²) >= 11 is 6.03. The first-order valence-electron chi connectivity index (χ1n) is 5.69. The van der Waals surface area contributed by atoms with Crippen molar-refractivity contribution in [3.63, 3.8) is 0 Å². The third-order valence-corrected chi connectivity index (χ3v) is 3.36. The van der Waals surface area contributed by atoms with E-state index in [2.05, 4.69) is 4.98 Å². The third-order valence-electron chi connectivity index (χ3n) is 2.99. The number of nitrogens with two attached hydrogens (primary N) is 1. The minimum absolute atomic E-state index is 0.0207. The van der Waals surface area contributed by atoms with Crippen molar-refractivity contribution < 1.29 is 4.74 Å². The molecule has 2 rings (SSSR count). The van der Waals surface area contributed by atoms with Crippen molar-refractivity contribution in [2.75, 3.05) is 0 Å². The van der Waals surface area contributed by atoms with E-state index in [1.807, 2.05) is 6.07 Å². The minimum atomic E-state index is -0.0531. The summed E-state index contributed by atoms with van der Waals surface area (Å²) < 4.78 is 5.72. The lowest BCUT2D eigenvalue weighted by atomic mass is 9.93. The van der Waals surface area contributed by atoms with Crippen LogP contribution in [-0.4, -0.2) is 17.1 Å². The zero-order valence-corrected chi connectivity index (χ0v) is 10.2. The SMILES string of the molecule is N#Cc1ccnc(OC2CCCCC2N)c1Cl. The van der Waals surface area contributed by atoms with Crippen LogP contribution in [0.15, 0.2) is 12.3 Å². The van der Waals surface area contributed by atoms with E-state index in [0.717, 1.165) is 25.7 Å². The molecule has 0 saturated heterocycles. The maximum Gasteiger partial charge on any atom is 0.234 e. The highest BCUT2D eigenvalue weighted by atomic mass is 35.5. The van der Waals surface area contributed by atoms with E-state index in [9.17, 15) is 0 Å². The molecule has 17 heavy (non-hydrogen) atoms. The van der Waals surface area contributed by atoms with E-state index < -0.39 is 0 Å². The van der Waals surface area contributed by atoms with Crippen LogP contribution in [0.2, 0.25) is 5.02 Å². The minimum Gasteiger partial charge on any atom is -0.472 e. The molecule has 1 aliphatic rings. The first-order chi connectivity index (χ1) is 8.22. The van der Waals surface area contributed by atoms with E-state index in [1.165, 1.54) is 6.20 Å². The zero-order chi connectivity index (χ0) is 12.3. The molecule has 5 heteroatoms. The molecular formula is C12H14ClN3O. The molecule has 2 unspecified atom stereocenters. The van der Waals surface area contributed by atoms with Crippen molar-refractivity contribution in [2.24, 2.45) is 5.73 Å². The molecule has 0 spiro atoms. The molecule has 1 saturated carbocycles. The molecule has 0 aliphatic heterocycles. The van der Waals surface area contributed by atoms with Gasteiger partial charge in [-0.3, -0.25) is 0 Å². The molecule has 1 aromatic heterocycles. The highest BCUT2D eigenvalue weighted by Crippen LogP contribution is 2.28. The zero-order valence-electron chi connectivity index (χ0n) is 9.40. The van der Waals surface area contributed by atoms with Crippen LogP contribution in [0.1, 0.15) is 31.2 Å². The summed E-state index contributed by atoms with van der Waals surface area (Å²) in [5.41, 5.74) is 6.36. The third kappa shape index (κ3) is 2.68. The van der Waals surface area contributed by atoms with Crippen molar-refractivity contribution in [1.29, 1.82) is 5.26 Å². The molecule has 2 N–H and O–H groups in total. The highest BCUT2D eigenvalue weighted by molar-refractivity contribution is 6.32. The second kappa shape index (κ2) is 5.35. The lowest BCUT2D eigenvalue weighted by Gasteiger charge is -2.28. The van der Waals surface area contributed by atoms with Gasteiger partial charge in [0.05, 0.1) is 5.56 Å². The summed E-state index contributed by atoms with van der Waals surface area (Å²) in [5, 5.41) is 9.13. The lowest BCUT2D eigenvalue weighted by molar-refractivity contribution is 0.127. The maximum atomic E-state index is 8.86. The Balaban J connectivity index is 2.16. The number of hydrogen-bond donors (Lipinski definition) is 1. The van der Waals surface area contributed by atoms with E-state index in [1.54, 1.807) is 6.07 Å². The summed E-state index contributed by atoms with van der Waals surface area (Å²) in [6.45, 7) is 0. The molecule has 1 aromatic rings. The summed E-state index contributed by atoms with van der Waals surface area (Å²) in [6.07, 6.45) is 5.58. The van der Waals surface area contributed by atoms with Gasteiger partial charge in [0, 0.05) is 12.2 Å². The van der Waals surface area contributed by atoms with Crippen LogP contribution in [0.5, 0.6) is 5.88 Å². The van der Waals surface area contributed by atoms with Crippen molar-refractivity contribution >= 4 is 11.6 Å². The van der Waals surface area contributed by atoms with Gasteiger partial charge in [-0.1, -0.05) is 18.0 Å². The molecular weight excluding hydrogens is 238 g/mol. The van der Waals surface area contributed by atoms with Crippen molar-refractivity contribution in [3.05, 3.63) is 22.8 Å². The molecule has 90 valence electrons. The van der Waals surface area contributed by atoms with Crippen LogP contribution in [0, 0.1) is 11.3 Å². The average molecular weight is 252 g/mol. The fourth-order valence-electron chi connectivity index (χ4n) is 2.01. The van der Waals surface area contributed by atoms with E-state index in [0.29, 0.717) is 11.4 Å². The topological polar surface area (TPSA) is 71.9 Å². The van der Waals surface area contributed by atoms with Gasteiger partial charge in [-0.25, -0.2) is 4.98 Å². The summed E-state index contributed by atoms with van der Waals surface area (Å²) in [7, 11) is 0. The van der Waals surface area contributed by atoms with Crippen LogP contribution in [0.25, 0.3) is 0 Å². The number of hydrogen-bond acceptors (Lipinski definition) is 4. The van der Waals surface area contributed by atoms with Gasteiger partial charge in [0.25, 0.3) is 0 Å². The largest absolute Gasteiger partial charge is 0.472 e. The van der Waals surface area contributed by atoms with Gasteiger partial charge in [0.15, 0.2) is 0 Å². The van der Waals surface area contributed by atoms with Crippen molar-refractivity contribution in [2.45, 2.75) is 37.8 Å². The summed E-state index contributed by atoms with van der Waals surface area (Å²) in [4.78, 5) is 4.05. The van der Waals surface area contributed by atoms with Gasteiger partial charge in [-0.2, -0.15) is 5.26 Å². The smallest absolute Gasteiger partial charge is 0.234 e. The summed E-state index contributed by atoms with van der Waals surface area (Å²) in [6, 6.07) is 3.59. The quantitative estimate of drug-likeness (QED) is 0.875. The monoisotopic (exact) mass is 251 g/mol. The lowest BCUT2D eigenvalue weighted by Crippen LogP contribution is -2.41. The molecule has 1 fully saturated rings. The Morgan fingerprint density at radius 1 is 1.47 bits per heavy atom. The average Bonchev–Trinajstić information content (AvgIpc) is 2.34. The highest BCUT2D eigenvalue weighted by Gasteiger charge is 2.25. The molecule has 0 radical (unpaired) electrons. The van der Waals surface area contributed by atoms with Crippen molar-refractivity contribution in [3.8, 4) is 11.9 Å². The number of aromatic nitrogens is 1. The fourth-order valence-corrected chi connectivity index (χ4v) is 2.21. The number of ether oxygens (including phenoxy) is 1. The second-order valence-corrected chi connectivity index (χ2v) is 4.57. The summed E-state index contributed by atoms with van der Waals surface area (Å²) in [5.74, 6) is 0.313. The predicted molar refractivity (Wildman–Crippen MR) is 64.8 cm³/mol. The Bertz CT molecular complexity index is 444. The van der Waals surface area contributed by atoms with Crippen LogP contribution in [0.4, 0.5) is 0 Å². The Morgan fingerprint density at radius 2 is 2.24 bits per heavy atom. The number of nitriles is 1.